The molecule has 1 nitrogen and oxygen atoms in total. The lowest BCUT2D eigenvalue weighted by molar-refractivity contribution is 0.527. The number of hydrogen-bond donors (Lipinski definition) is 1. The van der Waals surface area contributed by atoms with Crippen molar-refractivity contribution in [1.29, 1.82) is 0 Å². The molecule has 2 aromatic carbocycles. The quantitative estimate of drug-likeness (QED) is 0.594. The zero-order valence-corrected chi connectivity index (χ0v) is 15.3. The number of hydrogen-bond acceptors (Lipinski definition) is 1. The summed E-state index contributed by atoms with van der Waals surface area (Å²) in [6.07, 6.45) is 2.16. The van der Waals surface area contributed by atoms with E-state index >= 15 is 0 Å². The molecule has 106 valence electrons. The van der Waals surface area contributed by atoms with Gasteiger partial charge in [-0.2, -0.15) is 0 Å². The van der Waals surface area contributed by atoms with E-state index in [0.717, 1.165) is 19.4 Å². The highest BCUT2D eigenvalue weighted by Gasteiger charge is 2.14. The van der Waals surface area contributed by atoms with Crippen molar-refractivity contribution in [1.82, 2.24) is 5.32 Å². The summed E-state index contributed by atoms with van der Waals surface area (Å²) in [5.74, 6) is 0. The molecule has 1 atom stereocenters. The fourth-order valence-corrected chi connectivity index (χ4v) is 3.28. The molecule has 20 heavy (non-hydrogen) atoms. The van der Waals surface area contributed by atoms with E-state index in [-0.39, 0.29) is 0 Å². The Morgan fingerprint density at radius 1 is 1.15 bits per heavy atom. The summed E-state index contributed by atoms with van der Waals surface area (Å²) < 4.78 is 2.46. The first-order chi connectivity index (χ1) is 9.70. The standard InChI is InChI=1S/C17H19BrIN/c1-2-10-20-17(11-13-6-4-3-5-7-13)15-12-14(19)8-9-16(15)18/h3-9,12,17,20H,2,10-11H2,1H3. The molecule has 2 aromatic rings. The van der Waals surface area contributed by atoms with Crippen LogP contribution in [0.4, 0.5) is 0 Å². The van der Waals surface area contributed by atoms with Crippen molar-refractivity contribution in [3.05, 3.63) is 67.7 Å². The van der Waals surface area contributed by atoms with Crippen molar-refractivity contribution < 1.29 is 0 Å². The van der Waals surface area contributed by atoms with Gasteiger partial charge in [0, 0.05) is 14.1 Å². The van der Waals surface area contributed by atoms with E-state index in [2.05, 4.69) is 99.3 Å². The third kappa shape index (κ3) is 4.57. The van der Waals surface area contributed by atoms with Crippen LogP contribution in [0.15, 0.2) is 53.0 Å². The van der Waals surface area contributed by atoms with Gasteiger partial charge in [0.05, 0.1) is 0 Å². The van der Waals surface area contributed by atoms with Gasteiger partial charge in [0.15, 0.2) is 0 Å². The minimum atomic E-state index is 0.349. The minimum Gasteiger partial charge on any atom is -0.310 e. The lowest BCUT2D eigenvalue weighted by Crippen LogP contribution is -2.24. The molecular weight excluding hydrogens is 425 g/mol. The first-order valence-corrected chi connectivity index (χ1v) is 8.80. The molecule has 0 heterocycles. The van der Waals surface area contributed by atoms with Gasteiger partial charge in [-0.15, -0.1) is 0 Å². The van der Waals surface area contributed by atoms with Gasteiger partial charge < -0.3 is 5.32 Å². The Morgan fingerprint density at radius 2 is 1.90 bits per heavy atom. The van der Waals surface area contributed by atoms with E-state index in [9.17, 15) is 0 Å². The lowest BCUT2D eigenvalue weighted by atomic mass is 9.99. The molecule has 1 N–H and O–H groups in total. The Balaban J connectivity index is 2.24. The van der Waals surface area contributed by atoms with Crippen molar-refractivity contribution in [2.75, 3.05) is 6.54 Å². The smallest absolute Gasteiger partial charge is 0.0372 e. The fraction of sp³-hybridized carbons (Fsp3) is 0.294. The molecule has 0 aromatic heterocycles. The molecule has 0 spiro atoms. The average Bonchev–Trinajstić information content (AvgIpc) is 2.47. The van der Waals surface area contributed by atoms with Gasteiger partial charge in [0.25, 0.3) is 0 Å². The van der Waals surface area contributed by atoms with Crippen molar-refractivity contribution in [2.24, 2.45) is 0 Å². The van der Waals surface area contributed by atoms with Gasteiger partial charge >= 0.3 is 0 Å². The fourth-order valence-electron chi connectivity index (χ4n) is 2.24. The summed E-state index contributed by atoms with van der Waals surface area (Å²) >= 11 is 6.07. The predicted molar refractivity (Wildman–Crippen MR) is 98.0 cm³/mol. The molecule has 3 heteroatoms. The van der Waals surface area contributed by atoms with Gasteiger partial charge in [0.1, 0.15) is 0 Å². The second-order valence-electron chi connectivity index (χ2n) is 4.86. The number of nitrogens with one attached hydrogen (secondary N) is 1. The van der Waals surface area contributed by atoms with Crippen LogP contribution in [0.25, 0.3) is 0 Å². The minimum absolute atomic E-state index is 0.349. The summed E-state index contributed by atoms with van der Waals surface area (Å²) in [4.78, 5) is 0. The highest BCUT2D eigenvalue weighted by molar-refractivity contribution is 14.1. The maximum atomic E-state index is 3.69. The molecule has 0 aliphatic carbocycles. The van der Waals surface area contributed by atoms with Crippen molar-refractivity contribution in [3.8, 4) is 0 Å². The SMILES string of the molecule is CCCNC(Cc1ccccc1)c1cc(I)ccc1Br. The monoisotopic (exact) mass is 443 g/mol. The van der Waals surface area contributed by atoms with Crippen LogP contribution in [0.3, 0.4) is 0 Å². The molecule has 0 fully saturated rings. The van der Waals surface area contributed by atoms with Gasteiger partial charge in [-0.25, -0.2) is 0 Å². The van der Waals surface area contributed by atoms with Crippen LogP contribution in [-0.4, -0.2) is 6.54 Å². The van der Waals surface area contributed by atoms with Gasteiger partial charge in [-0.05, 0) is 71.3 Å². The zero-order valence-electron chi connectivity index (χ0n) is 11.6. The van der Waals surface area contributed by atoms with E-state index in [4.69, 9.17) is 0 Å². The van der Waals surface area contributed by atoms with Crippen molar-refractivity contribution in [2.45, 2.75) is 25.8 Å². The van der Waals surface area contributed by atoms with Crippen LogP contribution in [0.1, 0.15) is 30.5 Å². The van der Waals surface area contributed by atoms with E-state index in [1.165, 1.54) is 19.2 Å². The molecule has 1 unspecified atom stereocenters. The molecule has 0 aliphatic heterocycles. The first-order valence-electron chi connectivity index (χ1n) is 6.93. The maximum absolute atomic E-state index is 3.69. The number of halogens is 2. The average molecular weight is 444 g/mol. The summed E-state index contributed by atoms with van der Waals surface area (Å²) in [6.45, 7) is 3.24. The predicted octanol–water partition coefficient (Wildman–Crippen LogP) is 5.34. The van der Waals surface area contributed by atoms with Crippen molar-refractivity contribution >= 4 is 38.5 Å². The Morgan fingerprint density at radius 3 is 2.60 bits per heavy atom. The van der Waals surface area contributed by atoms with Crippen LogP contribution in [-0.2, 0) is 6.42 Å². The van der Waals surface area contributed by atoms with Crippen LogP contribution in [0.5, 0.6) is 0 Å². The summed E-state index contributed by atoms with van der Waals surface area (Å²) in [7, 11) is 0. The van der Waals surface area contributed by atoms with Crippen LogP contribution in [0.2, 0.25) is 0 Å². The Labute approximate surface area is 143 Å². The highest BCUT2D eigenvalue weighted by Crippen LogP contribution is 2.28. The van der Waals surface area contributed by atoms with Crippen LogP contribution < -0.4 is 5.32 Å². The third-order valence-electron chi connectivity index (χ3n) is 3.26. The number of rotatable bonds is 6. The van der Waals surface area contributed by atoms with Gasteiger partial charge in [-0.3, -0.25) is 0 Å². The van der Waals surface area contributed by atoms with Gasteiger partial charge in [-0.1, -0.05) is 53.2 Å². The molecule has 0 saturated carbocycles. The van der Waals surface area contributed by atoms with Crippen molar-refractivity contribution in [3.63, 3.8) is 0 Å². The molecule has 2 rings (SSSR count). The maximum Gasteiger partial charge on any atom is 0.0372 e. The molecule has 0 radical (unpaired) electrons. The number of benzene rings is 2. The normalized spacial score (nSPS) is 12.3. The summed E-state index contributed by atoms with van der Waals surface area (Å²) in [5.41, 5.74) is 2.71. The topological polar surface area (TPSA) is 12.0 Å². The Hall–Kier alpha value is -0.390. The lowest BCUT2D eigenvalue weighted by Gasteiger charge is -2.21. The van der Waals surface area contributed by atoms with E-state index in [0.29, 0.717) is 6.04 Å². The summed E-state index contributed by atoms with van der Waals surface area (Å²) in [5, 5.41) is 3.67. The third-order valence-corrected chi connectivity index (χ3v) is 4.65. The largest absolute Gasteiger partial charge is 0.310 e. The Bertz CT molecular complexity index is 542. The van der Waals surface area contributed by atoms with E-state index in [1.54, 1.807) is 0 Å². The van der Waals surface area contributed by atoms with Gasteiger partial charge in [0.2, 0.25) is 0 Å². The molecule has 0 amide bonds. The molecule has 0 saturated heterocycles. The zero-order chi connectivity index (χ0) is 14.4. The second-order valence-corrected chi connectivity index (χ2v) is 6.96. The second kappa shape index (κ2) is 8.15. The van der Waals surface area contributed by atoms with Crippen LogP contribution in [0, 0.1) is 3.57 Å². The first kappa shape index (κ1) is 16.0. The van der Waals surface area contributed by atoms with E-state index in [1.807, 2.05) is 0 Å². The summed E-state index contributed by atoms with van der Waals surface area (Å²) in [6, 6.07) is 17.6. The molecule has 0 bridgehead atoms. The molecular formula is C17H19BrIN. The van der Waals surface area contributed by atoms with Crippen LogP contribution >= 0.6 is 38.5 Å². The van der Waals surface area contributed by atoms with E-state index < -0.39 is 0 Å². The highest BCUT2D eigenvalue weighted by atomic mass is 127. The molecule has 0 aliphatic rings. The Kier molecular flexibility index (Phi) is 6.52.